The first-order valence-electron chi connectivity index (χ1n) is 2.98. The molecule has 0 saturated heterocycles. The quantitative estimate of drug-likeness (QED) is 0.672. The van der Waals surface area contributed by atoms with Crippen molar-refractivity contribution in [2.45, 2.75) is 0 Å². The molecule has 1 aromatic rings. The average Bonchev–Trinajstić information content (AvgIpc) is 2.33. The Kier molecular flexibility index (Phi) is 1.80. The topological polar surface area (TPSA) is 66.6 Å². The summed E-state index contributed by atoms with van der Waals surface area (Å²) in [5.74, 6) is -0.748. The molecule has 0 bridgehead atoms. The Hall–Kier alpha value is -1.52. The van der Waals surface area contributed by atoms with Crippen molar-refractivity contribution in [2.75, 3.05) is 19.0 Å². The van der Waals surface area contributed by atoms with Crippen LogP contribution in [0.3, 0.4) is 0 Å². The molecule has 60 valence electrons. The molecular weight excluding hydrogens is 148 g/mol. The van der Waals surface area contributed by atoms with E-state index in [2.05, 4.69) is 9.68 Å². The minimum atomic E-state index is -1.11. The largest absolute Gasteiger partial charge is 0.475 e. The fourth-order valence-electron chi connectivity index (χ4n) is 0.577. The standard InChI is InChI=1S/C6H8N2O3/c1-8(2)5-3-4(6(9)10)11-7-5/h3H,1-2H3,(H,9,10). The molecule has 0 atom stereocenters. The lowest BCUT2D eigenvalue weighted by molar-refractivity contribution is 0.0652. The van der Waals surface area contributed by atoms with Gasteiger partial charge in [-0.3, -0.25) is 0 Å². The summed E-state index contributed by atoms with van der Waals surface area (Å²) in [5, 5.41) is 11.9. The molecule has 0 aliphatic rings. The van der Waals surface area contributed by atoms with Gasteiger partial charge in [-0.1, -0.05) is 5.16 Å². The lowest BCUT2D eigenvalue weighted by Crippen LogP contribution is -2.08. The second-order valence-electron chi connectivity index (χ2n) is 2.25. The smallest absolute Gasteiger partial charge is 0.374 e. The van der Waals surface area contributed by atoms with Gasteiger partial charge in [0.25, 0.3) is 0 Å². The summed E-state index contributed by atoms with van der Waals surface area (Å²) < 4.78 is 4.50. The van der Waals surface area contributed by atoms with Gasteiger partial charge in [0.2, 0.25) is 5.76 Å². The third kappa shape index (κ3) is 1.49. The Bertz CT molecular complexity index is 267. The zero-order chi connectivity index (χ0) is 8.43. The van der Waals surface area contributed by atoms with E-state index in [0.717, 1.165) is 0 Å². The number of carboxylic acid groups (broad SMARTS) is 1. The molecule has 0 radical (unpaired) electrons. The van der Waals surface area contributed by atoms with Crippen LogP contribution in [-0.4, -0.2) is 30.3 Å². The first kappa shape index (κ1) is 7.59. The fraction of sp³-hybridized carbons (Fsp3) is 0.333. The van der Waals surface area contributed by atoms with E-state index in [1.54, 1.807) is 19.0 Å². The number of anilines is 1. The minimum absolute atomic E-state index is 0.145. The Morgan fingerprint density at radius 3 is 2.64 bits per heavy atom. The van der Waals surface area contributed by atoms with Crippen LogP contribution in [0.2, 0.25) is 0 Å². The predicted molar refractivity (Wildman–Crippen MR) is 37.8 cm³/mol. The van der Waals surface area contributed by atoms with Gasteiger partial charge < -0.3 is 14.5 Å². The number of nitrogens with zero attached hydrogens (tertiary/aromatic N) is 2. The highest BCUT2D eigenvalue weighted by atomic mass is 16.5. The molecule has 0 amide bonds. The maximum atomic E-state index is 10.3. The second kappa shape index (κ2) is 2.61. The molecule has 11 heavy (non-hydrogen) atoms. The summed E-state index contributed by atoms with van der Waals surface area (Å²) in [5.41, 5.74) is 0. The van der Waals surface area contributed by atoms with Gasteiger partial charge in [0.05, 0.1) is 0 Å². The van der Waals surface area contributed by atoms with E-state index in [9.17, 15) is 4.79 Å². The van der Waals surface area contributed by atoms with E-state index in [1.807, 2.05) is 0 Å². The summed E-state index contributed by atoms with van der Waals surface area (Å²) in [4.78, 5) is 11.9. The number of hydrogen-bond acceptors (Lipinski definition) is 4. The van der Waals surface area contributed by atoms with Crippen LogP contribution in [0.4, 0.5) is 5.82 Å². The molecule has 0 aromatic carbocycles. The Morgan fingerprint density at radius 2 is 2.36 bits per heavy atom. The van der Waals surface area contributed by atoms with Crippen molar-refractivity contribution in [3.63, 3.8) is 0 Å². The highest BCUT2D eigenvalue weighted by molar-refractivity contribution is 5.85. The molecule has 0 fully saturated rings. The van der Waals surface area contributed by atoms with Gasteiger partial charge >= 0.3 is 5.97 Å². The molecule has 0 spiro atoms. The average molecular weight is 156 g/mol. The van der Waals surface area contributed by atoms with Crippen molar-refractivity contribution in [2.24, 2.45) is 0 Å². The summed E-state index contributed by atoms with van der Waals surface area (Å²) in [6, 6.07) is 1.36. The normalized spacial score (nSPS) is 9.64. The Morgan fingerprint density at radius 1 is 1.73 bits per heavy atom. The molecule has 1 N–H and O–H groups in total. The van der Waals surface area contributed by atoms with Crippen LogP contribution in [0.15, 0.2) is 10.6 Å². The van der Waals surface area contributed by atoms with Gasteiger partial charge in [0.1, 0.15) is 0 Å². The molecular formula is C6H8N2O3. The number of carboxylic acids is 1. The van der Waals surface area contributed by atoms with Crippen LogP contribution in [0.5, 0.6) is 0 Å². The van der Waals surface area contributed by atoms with Gasteiger partial charge in [-0.25, -0.2) is 4.79 Å². The molecule has 1 heterocycles. The number of rotatable bonds is 2. The number of aromatic nitrogens is 1. The second-order valence-corrected chi connectivity index (χ2v) is 2.25. The van der Waals surface area contributed by atoms with Gasteiger partial charge in [0.15, 0.2) is 5.82 Å². The highest BCUT2D eigenvalue weighted by Gasteiger charge is 2.11. The minimum Gasteiger partial charge on any atom is -0.475 e. The lowest BCUT2D eigenvalue weighted by Gasteiger charge is -2.03. The summed E-state index contributed by atoms with van der Waals surface area (Å²) >= 11 is 0. The van der Waals surface area contributed by atoms with Crippen molar-refractivity contribution in [3.05, 3.63) is 11.8 Å². The van der Waals surface area contributed by atoms with E-state index in [-0.39, 0.29) is 5.76 Å². The molecule has 1 rings (SSSR count). The van der Waals surface area contributed by atoms with Gasteiger partial charge in [-0.2, -0.15) is 0 Å². The molecule has 1 aromatic heterocycles. The first-order chi connectivity index (χ1) is 5.11. The van der Waals surface area contributed by atoms with Crippen molar-refractivity contribution in [1.29, 1.82) is 0 Å². The number of hydrogen-bond donors (Lipinski definition) is 1. The van der Waals surface area contributed by atoms with E-state index < -0.39 is 5.97 Å². The van der Waals surface area contributed by atoms with Gasteiger partial charge in [0, 0.05) is 20.2 Å². The molecule has 0 unspecified atom stereocenters. The third-order valence-electron chi connectivity index (χ3n) is 1.17. The predicted octanol–water partition coefficient (Wildman–Crippen LogP) is 0.439. The van der Waals surface area contributed by atoms with Crippen LogP contribution in [0.25, 0.3) is 0 Å². The van der Waals surface area contributed by atoms with E-state index >= 15 is 0 Å². The third-order valence-corrected chi connectivity index (χ3v) is 1.17. The van der Waals surface area contributed by atoms with Gasteiger partial charge in [-0.15, -0.1) is 0 Å². The molecule has 0 saturated carbocycles. The molecule has 0 aliphatic carbocycles. The number of aromatic carboxylic acids is 1. The fourth-order valence-corrected chi connectivity index (χ4v) is 0.577. The lowest BCUT2D eigenvalue weighted by atomic mass is 10.4. The van der Waals surface area contributed by atoms with Crippen LogP contribution < -0.4 is 4.90 Å². The zero-order valence-corrected chi connectivity index (χ0v) is 6.24. The summed E-state index contributed by atoms with van der Waals surface area (Å²) in [6.07, 6.45) is 0. The summed E-state index contributed by atoms with van der Waals surface area (Å²) in [7, 11) is 3.51. The Balaban J connectivity index is 2.90. The first-order valence-corrected chi connectivity index (χ1v) is 2.98. The van der Waals surface area contributed by atoms with Crippen LogP contribution >= 0.6 is 0 Å². The number of carbonyl (C=O) groups is 1. The molecule has 5 nitrogen and oxygen atoms in total. The van der Waals surface area contributed by atoms with Crippen LogP contribution in [0, 0.1) is 0 Å². The highest BCUT2D eigenvalue weighted by Crippen LogP contribution is 2.10. The van der Waals surface area contributed by atoms with Crippen molar-refractivity contribution < 1.29 is 14.4 Å². The van der Waals surface area contributed by atoms with E-state index in [4.69, 9.17) is 5.11 Å². The monoisotopic (exact) mass is 156 g/mol. The maximum Gasteiger partial charge on any atom is 0.374 e. The maximum absolute atomic E-state index is 10.3. The van der Waals surface area contributed by atoms with E-state index in [1.165, 1.54) is 6.07 Å². The van der Waals surface area contributed by atoms with Crippen LogP contribution in [0.1, 0.15) is 10.6 Å². The van der Waals surface area contributed by atoms with Crippen molar-refractivity contribution >= 4 is 11.8 Å². The summed E-state index contributed by atoms with van der Waals surface area (Å²) in [6.45, 7) is 0. The molecule has 0 aliphatic heterocycles. The van der Waals surface area contributed by atoms with E-state index in [0.29, 0.717) is 5.82 Å². The van der Waals surface area contributed by atoms with Crippen molar-refractivity contribution in [1.82, 2.24) is 5.16 Å². The van der Waals surface area contributed by atoms with Gasteiger partial charge in [-0.05, 0) is 0 Å². The SMILES string of the molecule is CN(C)c1cc(C(=O)O)on1. The Labute approximate surface area is 63.2 Å². The van der Waals surface area contributed by atoms with Crippen molar-refractivity contribution in [3.8, 4) is 0 Å². The van der Waals surface area contributed by atoms with Crippen LogP contribution in [-0.2, 0) is 0 Å². The zero-order valence-electron chi connectivity index (χ0n) is 6.24. The molecule has 5 heteroatoms.